The second-order valence-electron chi connectivity index (χ2n) is 4.61. The standard InChI is InChI=1S/C12H22N4O/c1-4-14-12(3,11(13)17)6-5-7-16-9-10(2)8-15-16/h8-9,14H,4-7H2,1-3H3,(H2,13,17). The first kappa shape index (κ1) is 13.7. The summed E-state index contributed by atoms with van der Waals surface area (Å²) in [4.78, 5) is 11.4. The number of nitrogens with two attached hydrogens (primary N) is 1. The molecule has 1 rings (SSSR count). The molecule has 1 aromatic heterocycles. The first-order valence-corrected chi connectivity index (χ1v) is 6.02. The second-order valence-corrected chi connectivity index (χ2v) is 4.61. The first-order valence-electron chi connectivity index (χ1n) is 6.02. The molecule has 0 saturated heterocycles. The molecule has 3 N–H and O–H groups in total. The largest absolute Gasteiger partial charge is 0.368 e. The summed E-state index contributed by atoms with van der Waals surface area (Å²) in [5.41, 5.74) is 5.95. The lowest BCUT2D eigenvalue weighted by Gasteiger charge is -2.26. The third-order valence-electron chi connectivity index (χ3n) is 2.94. The van der Waals surface area contributed by atoms with Crippen LogP contribution in [0.2, 0.25) is 0 Å². The Balaban J connectivity index is 2.45. The fourth-order valence-electron chi connectivity index (χ4n) is 1.87. The van der Waals surface area contributed by atoms with E-state index in [0.29, 0.717) is 0 Å². The predicted molar refractivity (Wildman–Crippen MR) is 67.5 cm³/mol. The molecule has 1 unspecified atom stereocenters. The van der Waals surface area contributed by atoms with Gasteiger partial charge in [-0.1, -0.05) is 6.92 Å². The van der Waals surface area contributed by atoms with E-state index in [1.165, 1.54) is 0 Å². The molecule has 0 radical (unpaired) electrons. The van der Waals surface area contributed by atoms with Crippen molar-refractivity contribution in [2.75, 3.05) is 6.54 Å². The van der Waals surface area contributed by atoms with Gasteiger partial charge in [-0.15, -0.1) is 0 Å². The number of hydrogen-bond acceptors (Lipinski definition) is 3. The Kier molecular flexibility index (Phi) is 4.69. The third kappa shape index (κ3) is 3.85. The van der Waals surface area contributed by atoms with Crippen LogP contribution in [0.1, 0.15) is 32.3 Å². The van der Waals surface area contributed by atoms with Crippen LogP contribution in [0.4, 0.5) is 0 Å². The lowest BCUT2D eigenvalue weighted by Crippen LogP contribution is -2.53. The molecule has 5 nitrogen and oxygen atoms in total. The van der Waals surface area contributed by atoms with E-state index in [0.717, 1.165) is 31.5 Å². The molecule has 96 valence electrons. The number of aryl methyl sites for hydroxylation is 2. The van der Waals surface area contributed by atoms with Gasteiger partial charge < -0.3 is 11.1 Å². The summed E-state index contributed by atoms with van der Waals surface area (Å²) in [6.45, 7) is 7.38. The molecular formula is C12H22N4O. The van der Waals surface area contributed by atoms with Crippen LogP contribution in [0.15, 0.2) is 12.4 Å². The van der Waals surface area contributed by atoms with Crippen LogP contribution in [-0.2, 0) is 11.3 Å². The van der Waals surface area contributed by atoms with Gasteiger partial charge in [0.2, 0.25) is 5.91 Å². The molecule has 0 aliphatic heterocycles. The van der Waals surface area contributed by atoms with Gasteiger partial charge in [-0.3, -0.25) is 9.48 Å². The fourth-order valence-corrected chi connectivity index (χ4v) is 1.87. The van der Waals surface area contributed by atoms with Crippen molar-refractivity contribution in [2.24, 2.45) is 5.73 Å². The Morgan fingerprint density at radius 2 is 2.35 bits per heavy atom. The number of carbonyl (C=O) groups is 1. The van der Waals surface area contributed by atoms with E-state index >= 15 is 0 Å². The van der Waals surface area contributed by atoms with Gasteiger partial charge in [0.05, 0.1) is 11.7 Å². The van der Waals surface area contributed by atoms with E-state index in [-0.39, 0.29) is 5.91 Å². The van der Waals surface area contributed by atoms with Crippen LogP contribution >= 0.6 is 0 Å². The number of nitrogens with zero attached hydrogens (tertiary/aromatic N) is 2. The summed E-state index contributed by atoms with van der Waals surface area (Å²) in [6, 6.07) is 0. The first-order chi connectivity index (χ1) is 7.98. The molecule has 0 fully saturated rings. The minimum Gasteiger partial charge on any atom is -0.368 e. The third-order valence-corrected chi connectivity index (χ3v) is 2.94. The summed E-state index contributed by atoms with van der Waals surface area (Å²) >= 11 is 0. The zero-order valence-corrected chi connectivity index (χ0v) is 10.9. The van der Waals surface area contributed by atoms with E-state index in [4.69, 9.17) is 5.73 Å². The molecule has 17 heavy (non-hydrogen) atoms. The molecule has 1 heterocycles. The van der Waals surface area contributed by atoms with Gasteiger partial charge in [0.15, 0.2) is 0 Å². The molecule has 0 aliphatic carbocycles. The minimum absolute atomic E-state index is 0.295. The van der Waals surface area contributed by atoms with Crippen LogP contribution in [0.3, 0.4) is 0 Å². The van der Waals surface area contributed by atoms with Crippen LogP contribution < -0.4 is 11.1 Å². The van der Waals surface area contributed by atoms with E-state index < -0.39 is 5.54 Å². The van der Waals surface area contributed by atoms with Crippen molar-refractivity contribution in [3.63, 3.8) is 0 Å². The maximum atomic E-state index is 11.4. The Labute approximate surface area is 102 Å². The van der Waals surface area contributed by atoms with Crippen molar-refractivity contribution in [3.8, 4) is 0 Å². The van der Waals surface area contributed by atoms with Gasteiger partial charge in [0.25, 0.3) is 0 Å². The number of likely N-dealkylation sites (N-methyl/N-ethyl adjacent to an activating group) is 1. The average molecular weight is 238 g/mol. The highest BCUT2D eigenvalue weighted by molar-refractivity contribution is 5.84. The Morgan fingerprint density at radius 1 is 1.65 bits per heavy atom. The van der Waals surface area contributed by atoms with Crippen molar-refractivity contribution in [2.45, 2.75) is 45.7 Å². The summed E-state index contributed by atoms with van der Waals surface area (Å²) in [5, 5.41) is 7.35. The van der Waals surface area contributed by atoms with Gasteiger partial charge in [-0.2, -0.15) is 5.10 Å². The minimum atomic E-state index is -0.614. The second kappa shape index (κ2) is 5.82. The molecule has 0 spiro atoms. The fraction of sp³-hybridized carbons (Fsp3) is 0.667. The number of nitrogens with one attached hydrogen (secondary N) is 1. The molecule has 1 amide bonds. The maximum absolute atomic E-state index is 11.4. The topological polar surface area (TPSA) is 72.9 Å². The summed E-state index contributed by atoms with van der Waals surface area (Å²) in [7, 11) is 0. The zero-order chi connectivity index (χ0) is 12.9. The maximum Gasteiger partial charge on any atom is 0.237 e. The van der Waals surface area contributed by atoms with Crippen molar-refractivity contribution in [1.29, 1.82) is 0 Å². The highest BCUT2D eigenvalue weighted by Gasteiger charge is 2.28. The molecule has 0 saturated carbocycles. The van der Waals surface area contributed by atoms with Gasteiger partial charge >= 0.3 is 0 Å². The number of carbonyl (C=O) groups excluding carboxylic acids is 1. The number of aromatic nitrogens is 2. The normalized spacial score (nSPS) is 14.5. The van der Waals surface area contributed by atoms with E-state index in [1.54, 1.807) is 0 Å². The van der Waals surface area contributed by atoms with E-state index in [2.05, 4.69) is 10.4 Å². The zero-order valence-electron chi connectivity index (χ0n) is 10.9. The number of hydrogen-bond donors (Lipinski definition) is 2. The molecule has 1 aromatic rings. The lowest BCUT2D eigenvalue weighted by molar-refractivity contribution is -0.124. The highest BCUT2D eigenvalue weighted by Crippen LogP contribution is 2.12. The molecule has 0 bridgehead atoms. The lowest BCUT2D eigenvalue weighted by atomic mass is 9.95. The van der Waals surface area contributed by atoms with Crippen molar-refractivity contribution in [1.82, 2.24) is 15.1 Å². The summed E-state index contributed by atoms with van der Waals surface area (Å²) < 4.78 is 1.89. The SMILES string of the molecule is CCNC(C)(CCCn1cc(C)cn1)C(N)=O. The predicted octanol–water partition coefficient (Wildman–Crippen LogP) is 0.825. The Bertz CT molecular complexity index is 374. The molecular weight excluding hydrogens is 216 g/mol. The summed E-state index contributed by atoms with van der Waals surface area (Å²) in [6.07, 6.45) is 5.41. The van der Waals surface area contributed by atoms with Crippen LogP contribution in [0, 0.1) is 6.92 Å². The Hall–Kier alpha value is -1.36. The van der Waals surface area contributed by atoms with Gasteiger partial charge in [0, 0.05) is 12.7 Å². The van der Waals surface area contributed by atoms with Crippen molar-refractivity contribution in [3.05, 3.63) is 18.0 Å². The van der Waals surface area contributed by atoms with Gasteiger partial charge in [-0.05, 0) is 38.8 Å². The van der Waals surface area contributed by atoms with Gasteiger partial charge in [-0.25, -0.2) is 0 Å². The van der Waals surface area contributed by atoms with Crippen molar-refractivity contribution >= 4 is 5.91 Å². The van der Waals surface area contributed by atoms with E-state index in [9.17, 15) is 4.79 Å². The van der Waals surface area contributed by atoms with Crippen LogP contribution in [-0.4, -0.2) is 27.8 Å². The van der Waals surface area contributed by atoms with Crippen LogP contribution in [0.5, 0.6) is 0 Å². The van der Waals surface area contributed by atoms with Crippen LogP contribution in [0.25, 0.3) is 0 Å². The van der Waals surface area contributed by atoms with E-state index in [1.807, 2.05) is 37.8 Å². The summed E-state index contributed by atoms with van der Waals surface area (Å²) in [5.74, 6) is -0.295. The Morgan fingerprint density at radius 3 is 2.82 bits per heavy atom. The quantitative estimate of drug-likeness (QED) is 0.739. The smallest absolute Gasteiger partial charge is 0.237 e. The molecule has 0 aromatic carbocycles. The van der Waals surface area contributed by atoms with Gasteiger partial charge in [0.1, 0.15) is 0 Å². The molecule has 5 heteroatoms. The molecule has 0 aliphatic rings. The van der Waals surface area contributed by atoms with Crippen molar-refractivity contribution < 1.29 is 4.79 Å². The average Bonchev–Trinajstić information content (AvgIpc) is 2.64. The number of primary amides is 1. The number of rotatable bonds is 7. The monoisotopic (exact) mass is 238 g/mol. The highest BCUT2D eigenvalue weighted by atomic mass is 16.1. The number of amides is 1. The molecule has 1 atom stereocenters.